The largest absolute Gasteiger partial charge is 0.343 e. The van der Waals surface area contributed by atoms with Crippen LogP contribution in [0.4, 0.5) is 10.5 Å². The van der Waals surface area contributed by atoms with Gasteiger partial charge in [-0.3, -0.25) is 19.9 Å². The van der Waals surface area contributed by atoms with Gasteiger partial charge in [-0.1, -0.05) is 31.5 Å². The van der Waals surface area contributed by atoms with E-state index in [1.54, 1.807) is 11.9 Å². The molecule has 1 N–H and O–H groups in total. The number of hydrogen-bond acceptors (Lipinski definition) is 5. The molecular formula is C19H26ClN5O2. The van der Waals surface area contributed by atoms with Crippen LogP contribution in [0.3, 0.4) is 0 Å². The smallest absolute Gasteiger partial charge is 0.327 e. The molecule has 3 aliphatic rings. The molecule has 3 heterocycles. The minimum atomic E-state index is -0.363. The summed E-state index contributed by atoms with van der Waals surface area (Å²) >= 11 is 6.19. The lowest BCUT2D eigenvalue weighted by Gasteiger charge is -2.44. The van der Waals surface area contributed by atoms with Crippen molar-refractivity contribution in [2.75, 3.05) is 31.6 Å². The van der Waals surface area contributed by atoms with E-state index in [9.17, 15) is 9.59 Å². The molecule has 146 valence electrons. The van der Waals surface area contributed by atoms with Crippen molar-refractivity contribution in [3.05, 3.63) is 29.3 Å². The summed E-state index contributed by atoms with van der Waals surface area (Å²) in [6, 6.07) is 7.17. The molecule has 3 fully saturated rings. The number of hydrogen-bond donors (Lipinski definition) is 1. The quantitative estimate of drug-likeness (QED) is 0.853. The Kier molecular flexibility index (Phi) is 4.78. The Labute approximate surface area is 164 Å². The van der Waals surface area contributed by atoms with Gasteiger partial charge in [-0.2, -0.15) is 0 Å². The number of halogens is 1. The van der Waals surface area contributed by atoms with Crippen molar-refractivity contribution in [3.8, 4) is 0 Å². The van der Waals surface area contributed by atoms with Gasteiger partial charge < -0.3 is 9.80 Å². The number of likely N-dealkylation sites (N-methyl/N-ethyl adjacent to an activating group) is 1. The standard InChI is InChI=1S/C19H26ClN5O2/c1-12(2)11-25-17(26)15-16(22(3)19(25)27)21-18-23(8-5-9-24(15)18)14-7-4-6-13(20)10-14/h4,6-7,10,12,15-16,18,21H,5,8-9,11H2,1-3H3. The minimum Gasteiger partial charge on any atom is -0.343 e. The fourth-order valence-corrected chi connectivity index (χ4v) is 4.56. The summed E-state index contributed by atoms with van der Waals surface area (Å²) in [7, 11) is 1.77. The number of rotatable bonds is 3. The van der Waals surface area contributed by atoms with E-state index in [0.29, 0.717) is 11.6 Å². The van der Waals surface area contributed by atoms with Crippen LogP contribution < -0.4 is 10.2 Å². The SMILES string of the molecule is CC(C)CN1C(=O)C2C(NC3N(c4cccc(Cl)c4)CCCN23)N(C)C1=O. The van der Waals surface area contributed by atoms with Crippen LogP contribution >= 0.6 is 11.6 Å². The van der Waals surface area contributed by atoms with Gasteiger partial charge >= 0.3 is 6.03 Å². The van der Waals surface area contributed by atoms with Crippen molar-refractivity contribution in [3.63, 3.8) is 0 Å². The van der Waals surface area contributed by atoms with Gasteiger partial charge in [0.05, 0.1) is 0 Å². The third-order valence-electron chi connectivity index (χ3n) is 5.56. The van der Waals surface area contributed by atoms with Gasteiger partial charge in [-0.15, -0.1) is 0 Å². The van der Waals surface area contributed by atoms with Gasteiger partial charge in [-0.05, 0) is 30.5 Å². The molecule has 1 aromatic rings. The van der Waals surface area contributed by atoms with Crippen LogP contribution in [0.2, 0.25) is 5.02 Å². The third kappa shape index (κ3) is 3.07. The highest BCUT2D eigenvalue weighted by molar-refractivity contribution is 6.30. The van der Waals surface area contributed by atoms with Gasteiger partial charge in [0.1, 0.15) is 18.5 Å². The predicted octanol–water partition coefficient (Wildman–Crippen LogP) is 1.98. The summed E-state index contributed by atoms with van der Waals surface area (Å²) < 4.78 is 0. The van der Waals surface area contributed by atoms with Gasteiger partial charge in [0, 0.05) is 37.4 Å². The second-order valence-corrected chi connectivity index (χ2v) is 8.37. The number of carbonyl (C=O) groups excluding carboxylic acids is 2. The van der Waals surface area contributed by atoms with E-state index in [1.165, 1.54) is 4.90 Å². The summed E-state index contributed by atoms with van der Waals surface area (Å²) in [6.07, 6.45) is 0.492. The molecule has 3 atom stereocenters. The number of urea groups is 1. The topological polar surface area (TPSA) is 59.1 Å². The van der Waals surface area contributed by atoms with Crippen molar-refractivity contribution in [2.45, 2.75) is 38.8 Å². The van der Waals surface area contributed by atoms with Gasteiger partial charge in [0.25, 0.3) is 5.91 Å². The van der Waals surface area contributed by atoms with Gasteiger partial charge in [-0.25, -0.2) is 4.79 Å². The first-order chi connectivity index (χ1) is 12.9. The van der Waals surface area contributed by atoms with Crippen LogP contribution in [0.5, 0.6) is 0 Å². The zero-order valence-corrected chi connectivity index (χ0v) is 16.7. The van der Waals surface area contributed by atoms with Crippen LogP contribution in [-0.2, 0) is 4.79 Å². The molecule has 1 aromatic carbocycles. The fourth-order valence-electron chi connectivity index (χ4n) is 4.37. The second-order valence-electron chi connectivity index (χ2n) is 7.93. The van der Waals surface area contributed by atoms with E-state index < -0.39 is 0 Å². The van der Waals surface area contributed by atoms with Crippen molar-refractivity contribution in [1.82, 2.24) is 20.0 Å². The first-order valence-corrected chi connectivity index (χ1v) is 9.88. The third-order valence-corrected chi connectivity index (χ3v) is 5.79. The predicted molar refractivity (Wildman–Crippen MR) is 104 cm³/mol. The molecule has 0 bridgehead atoms. The molecule has 0 saturated carbocycles. The molecule has 7 nitrogen and oxygen atoms in total. The monoisotopic (exact) mass is 391 g/mol. The number of carbonyl (C=O) groups is 2. The lowest BCUT2D eigenvalue weighted by Crippen LogP contribution is -2.66. The number of imide groups is 1. The average Bonchev–Trinajstić information content (AvgIpc) is 3.03. The molecule has 0 aliphatic carbocycles. The number of anilines is 1. The maximum atomic E-state index is 13.2. The van der Waals surface area contributed by atoms with Crippen LogP contribution in [0.25, 0.3) is 0 Å². The summed E-state index contributed by atoms with van der Waals surface area (Å²) in [6.45, 7) is 6.17. The summed E-state index contributed by atoms with van der Waals surface area (Å²) in [5, 5.41) is 4.20. The molecule has 3 amide bonds. The Morgan fingerprint density at radius 3 is 2.74 bits per heavy atom. The van der Waals surface area contributed by atoms with Crippen LogP contribution in [-0.4, -0.2) is 71.8 Å². The first kappa shape index (κ1) is 18.5. The van der Waals surface area contributed by atoms with Crippen molar-refractivity contribution < 1.29 is 9.59 Å². The van der Waals surface area contributed by atoms with Crippen molar-refractivity contribution >= 4 is 29.2 Å². The van der Waals surface area contributed by atoms with Crippen molar-refractivity contribution in [2.24, 2.45) is 5.92 Å². The van der Waals surface area contributed by atoms with E-state index in [2.05, 4.69) is 15.1 Å². The Bertz CT molecular complexity index is 757. The second kappa shape index (κ2) is 6.96. The zero-order chi connectivity index (χ0) is 19.3. The summed E-state index contributed by atoms with van der Waals surface area (Å²) in [5.41, 5.74) is 1.02. The van der Waals surface area contributed by atoms with Crippen LogP contribution in [0, 0.1) is 5.92 Å². The number of nitrogens with one attached hydrogen (secondary N) is 1. The van der Waals surface area contributed by atoms with E-state index in [1.807, 2.05) is 38.1 Å². The fraction of sp³-hybridized carbons (Fsp3) is 0.579. The van der Waals surface area contributed by atoms with E-state index in [4.69, 9.17) is 11.6 Å². The summed E-state index contributed by atoms with van der Waals surface area (Å²) in [4.78, 5) is 33.5. The number of nitrogens with zero attached hydrogens (tertiary/aromatic N) is 4. The lowest BCUT2D eigenvalue weighted by atomic mass is 10.1. The maximum absolute atomic E-state index is 13.2. The van der Waals surface area contributed by atoms with E-state index >= 15 is 0 Å². The highest BCUT2D eigenvalue weighted by atomic mass is 35.5. The molecule has 0 aromatic heterocycles. The number of fused-ring (bicyclic) bond motifs is 3. The molecule has 0 radical (unpaired) electrons. The Morgan fingerprint density at radius 1 is 1.26 bits per heavy atom. The zero-order valence-electron chi connectivity index (χ0n) is 15.9. The Hall–Kier alpha value is -1.83. The molecule has 3 saturated heterocycles. The van der Waals surface area contributed by atoms with Crippen LogP contribution in [0.15, 0.2) is 24.3 Å². The van der Waals surface area contributed by atoms with Crippen molar-refractivity contribution in [1.29, 1.82) is 0 Å². The number of amides is 3. The summed E-state index contributed by atoms with van der Waals surface area (Å²) in [5.74, 6) is 0.136. The lowest BCUT2D eigenvalue weighted by molar-refractivity contribution is -0.139. The molecule has 4 rings (SSSR count). The average molecular weight is 392 g/mol. The molecule has 0 spiro atoms. The molecule has 3 aliphatic heterocycles. The Morgan fingerprint density at radius 2 is 2.04 bits per heavy atom. The van der Waals surface area contributed by atoms with E-state index in [0.717, 1.165) is 25.2 Å². The minimum absolute atomic E-state index is 0.0975. The molecule has 3 unspecified atom stereocenters. The first-order valence-electron chi connectivity index (χ1n) is 9.50. The highest BCUT2D eigenvalue weighted by Crippen LogP contribution is 2.33. The molecular weight excluding hydrogens is 366 g/mol. The maximum Gasteiger partial charge on any atom is 0.327 e. The molecule has 8 heteroatoms. The Balaban J connectivity index is 1.65. The van der Waals surface area contributed by atoms with Gasteiger partial charge in [0.2, 0.25) is 0 Å². The van der Waals surface area contributed by atoms with Gasteiger partial charge in [0.15, 0.2) is 0 Å². The number of benzene rings is 1. The molecule has 27 heavy (non-hydrogen) atoms. The normalized spacial score (nSPS) is 28.8. The van der Waals surface area contributed by atoms with Crippen LogP contribution in [0.1, 0.15) is 20.3 Å². The van der Waals surface area contributed by atoms with E-state index in [-0.39, 0.29) is 36.4 Å². The highest BCUT2D eigenvalue weighted by Gasteiger charge is 2.56.